The number of hydrogen-bond donors (Lipinski definition) is 1. The molecule has 2 heteroatoms. The zero-order valence-electron chi connectivity index (χ0n) is 10.8. The van der Waals surface area contributed by atoms with E-state index < -0.39 is 0 Å². The van der Waals surface area contributed by atoms with Crippen LogP contribution >= 0.6 is 0 Å². The van der Waals surface area contributed by atoms with Crippen molar-refractivity contribution in [3.63, 3.8) is 0 Å². The summed E-state index contributed by atoms with van der Waals surface area (Å²) in [6.45, 7) is 8.16. The van der Waals surface area contributed by atoms with Crippen LogP contribution in [0.15, 0.2) is 0 Å². The van der Waals surface area contributed by atoms with Gasteiger partial charge < -0.3 is 10.2 Å². The Balaban J connectivity index is 1.83. The standard InChI is InChI=1S/C13H28N2/c1-12(2)6-5-9-14-10-11-15(3)13-7-4-8-13/h12-14H,4-11H2,1-3H3. The molecule has 0 aromatic heterocycles. The first-order valence-corrected chi connectivity index (χ1v) is 6.61. The van der Waals surface area contributed by atoms with Crippen molar-refractivity contribution < 1.29 is 0 Å². The van der Waals surface area contributed by atoms with Crippen molar-refractivity contribution in [3.05, 3.63) is 0 Å². The van der Waals surface area contributed by atoms with E-state index in [0.717, 1.165) is 18.5 Å². The van der Waals surface area contributed by atoms with Gasteiger partial charge in [0.15, 0.2) is 0 Å². The first-order chi connectivity index (χ1) is 7.20. The molecule has 0 aromatic carbocycles. The van der Waals surface area contributed by atoms with Gasteiger partial charge in [-0.25, -0.2) is 0 Å². The quantitative estimate of drug-likeness (QED) is 0.622. The highest BCUT2D eigenvalue weighted by molar-refractivity contribution is 4.77. The van der Waals surface area contributed by atoms with Crippen molar-refractivity contribution in [2.75, 3.05) is 26.7 Å². The molecule has 0 saturated heterocycles. The summed E-state index contributed by atoms with van der Waals surface area (Å²) >= 11 is 0. The van der Waals surface area contributed by atoms with Gasteiger partial charge in [0.25, 0.3) is 0 Å². The van der Waals surface area contributed by atoms with Crippen LogP contribution in [0.5, 0.6) is 0 Å². The van der Waals surface area contributed by atoms with Gasteiger partial charge >= 0.3 is 0 Å². The van der Waals surface area contributed by atoms with Gasteiger partial charge in [-0.05, 0) is 45.2 Å². The molecular weight excluding hydrogens is 184 g/mol. The predicted octanol–water partition coefficient (Wildman–Crippen LogP) is 2.50. The summed E-state index contributed by atoms with van der Waals surface area (Å²) in [5.41, 5.74) is 0. The SMILES string of the molecule is CC(C)CCCNCCN(C)C1CCC1. The molecule has 15 heavy (non-hydrogen) atoms. The van der Waals surface area contributed by atoms with Crippen LogP contribution in [0.4, 0.5) is 0 Å². The summed E-state index contributed by atoms with van der Waals surface area (Å²) in [7, 11) is 2.26. The fourth-order valence-electron chi connectivity index (χ4n) is 2.03. The van der Waals surface area contributed by atoms with Gasteiger partial charge in [0, 0.05) is 19.1 Å². The zero-order chi connectivity index (χ0) is 11.1. The normalized spacial score (nSPS) is 17.4. The Morgan fingerprint density at radius 2 is 2.00 bits per heavy atom. The van der Waals surface area contributed by atoms with Crippen LogP contribution in [0.3, 0.4) is 0 Å². The molecule has 1 fully saturated rings. The highest BCUT2D eigenvalue weighted by Gasteiger charge is 2.20. The third kappa shape index (κ3) is 5.53. The van der Waals surface area contributed by atoms with E-state index in [4.69, 9.17) is 0 Å². The molecule has 1 aliphatic rings. The minimum atomic E-state index is 0.851. The molecule has 0 aromatic rings. The molecule has 1 saturated carbocycles. The molecule has 1 aliphatic carbocycles. The number of hydrogen-bond acceptors (Lipinski definition) is 2. The smallest absolute Gasteiger partial charge is 0.0107 e. The molecule has 0 atom stereocenters. The Morgan fingerprint density at radius 3 is 2.53 bits per heavy atom. The highest BCUT2D eigenvalue weighted by Crippen LogP contribution is 2.22. The Kier molecular flexibility index (Phi) is 6.26. The maximum absolute atomic E-state index is 3.53. The van der Waals surface area contributed by atoms with Gasteiger partial charge in [0.1, 0.15) is 0 Å². The van der Waals surface area contributed by atoms with Gasteiger partial charge in [-0.3, -0.25) is 0 Å². The summed E-state index contributed by atoms with van der Waals surface area (Å²) in [4.78, 5) is 2.51. The number of likely N-dealkylation sites (N-methyl/N-ethyl adjacent to an activating group) is 1. The van der Waals surface area contributed by atoms with E-state index in [9.17, 15) is 0 Å². The molecule has 2 nitrogen and oxygen atoms in total. The van der Waals surface area contributed by atoms with Crippen molar-refractivity contribution >= 4 is 0 Å². The maximum Gasteiger partial charge on any atom is 0.0107 e. The summed E-state index contributed by atoms with van der Waals surface area (Å²) in [5.74, 6) is 0.851. The second-order valence-corrected chi connectivity index (χ2v) is 5.35. The van der Waals surface area contributed by atoms with Crippen molar-refractivity contribution in [2.24, 2.45) is 5.92 Å². The average molecular weight is 212 g/mol. The Hall–Kier alpha value is -0.0800. The first-order valence-electron chi connectivity index (χ1n) is 6.61. The van der Waals surface area contributed by atoms with Crippen molar-refractivity contribution in [3.8, 4) is 0 Å². The molecular formula is C13H28N2. The molecule has 0 unspecified atom stereocenters. The van der Waals surface area contributed by atoms with E-state index in [2.05, 4.69) is 31.1 Å². The fraction of sp³-hybridized carbons (Fsp3) is 1.00. The Labute approximate surface area is 95.4 Å². The van der Waals surface area contributed by atoms with E-state index in [0.29, 0.717) is 0 Å². The van der Waals surface area contributed by atoms with Gasteiger partial charge in [0.2, 0.25) is 0 Å². The maximum atomic E-state index is 3.53. The lowest BCUT2D eigenvalue weighted by atomic mass is 9.92. The van der Waals surface area contributed by atoms with E-state index in [1.165, 1.54) is 45.2 Å². The molecule has 1 rings (SSSR count). The third-order valence-electron chi connectivity index (χ3n) is 3.47. The van der Waals surface area contributed by atoms with E-state index in [-0.39, 0.29) is 0 Å². The summed E-state index contributed by atoms with van der Waals surface area (Å²) in [6.07, 6.45) is 6.96. The molecule has 0 heterocycles. The molecule has 0 radical (unpaired) electrons. The third-order valence-corrected chi connectivity index (χ3v) is 3.47. The van der Waals surface area contributed by atoms with Crippen molar-refractivity contribution in [1.29, 1.82) is 0 Å². The molecule has 0 bridgehead atoms. The van der Waals surface area contributed by atoms with Crippen LogP contribution in [0.1, 0.15) is 46.0 Å². The topological polar surface area (TPSA) is 15.3 Å². The Morgan fingerprint density at radius 1 is 1.27 bits per heavy atom. The van der Waals surface area contributed by atoms with Crippen LogP contribution < -0.4 is 5.32 Å². The number of nitrogens with one attached hydrogen (secondary N) is 1. The minimum absolute atomic E-state index is 0.851. The second kappa shape index (κ2) is 7.24. The zero-order valence-corrected chi connectivity index (χ0v) is 10.8. The van der Waals surface area contributed by atoms with Crippen molar-refractivity contribution in [2.45, 2.75) is 52.0 Å². The van der Waals surface area contributed by atoms with Crippen LogP contribution in [-0.2, 0) is 0 Å². The van der Waals surface area contributed by atoms with E-state index in [1.807, 2.05) is 0 Å². The molecule has 0 spiro atoms. The summed E-state index contributed by atoms with van der Waals surface area (Å²) < 4.78 is 0. The monoisotopic (exact) mass is 212 g/mol. The molecule has 1 N–H and O–H groups in total. The van der Waals surface area contributed by atoms with E-state index in [1.54, 1.807) is 0 Å². The fourth-order valence-corrected chi connectivity index (χ4v) is 2.03. The first kappa shape index (κ1) is 13.0. The lowest BCUT2D eigenvalue weighted by Gasteiger charge is -2.34. The summed E-state index contributed by atoms with van der Waals surface area (Å²) in [5, 5.41) is 3.53. The van der Waals surface area contributed by atoms with Gasteiger partial charge in [-0.1, -0.05) is 20.3 Å². The van der Waals surface area contributed by atoms with E-state index >= 15 is 0 Å². The lowest BCUT2D eigenvalue weighted by molar-refractivity contribution is 0.160. The van der Waals surface area contributed by atoms with Crippen LogP contribution in [0.25, 0.3) is 0 Å². The second-order valence-electron chi connectivity index (χ2n) is 5.35. The van der Waals surface area contributed by atoms with Crippen LogP contribution in [0, 0.1) is 5.92 Å². The minimum Gasteiger partial charge on any atom is -0.315 e. The number of nitrogens with zero attached hydrogens (tertiary/aromatic N) is 1. The largest absolute Gasteiger partial charge is 0.315 e. The molecule has 90 valence electrons. The van der Waals surface area contributed by atoms with Crippen LogP contribution in [-0.4, -0.2) is 37.6 Å². The van der Waals surface area contributed by atoms with Gasteiger partial charge in [-0.15, -0.1) is 0 Å². The lowest BCUT2D eigenvalue weighted by Crippen LogP contribution is -2.40. The molecule has 0 amide bonds. The Bertz CT molecular complexity index is 153. The summed E-state index contributed by atoms with van der Waals surface area (Å²) in [6, 6.07) is 0.891. The highest BCUT2D eigenvalue weighted by atomic mass is 15.1. The van der Waals surface area contributed by atoms with Crippen molar-refractivity contribution in [1.82, 2.24) is 10.2 Å². The van der Waals surface area contributed by atoms with Gasteiger partial charge in [0.05, 0.1) is 0 Å². The molecule has 0 aliphatic heterocycles. The van der Waals surface area contributed by atoms with Crippen LogP contribution in [0.2, 0.25) is 0 Å². The van der Waals surface area contributed by atoms with Gasteiger partial charge in [-0.2, -0.15) is 0 Å². The average Bonchev–Trinajstić information content (AvgIpc) is 2.07. The predicted molar refractivity (Wildman–Crippen MR) is 67.2 cm³/mol. The number of rotatable bonds is 8.